The third-order valence-electron chi connectivity index (χ3n) is 2.19. The lowest BCUT2D eigenvalue weighted by Crippen LogP contribution is -2.05. The molecule has 0 radical (unpaired) electrons. The van der Waals surface area contributed by atoms with Crippen LogP contribution < -0.4 is 5.73 Å². The first-order valence-corrected chi connectivity index (χ1v) is 5.58. The molecule has 2 heterocycles. The van der Waals surface area contributed by atoms with Gasteiger partial charge in [0, 0.05) is 11.7 Å². The molecule has 2 N–H and O–H groups in total. The summed E-state index contributed by atoms with van der Waals surface area (Å²) in [6.07, 6.45) is 5.25. The van der Waals surface area contributed by atoms with Crippen molar-refractivity contribution in [1.82, 2.24) is 10.2 Å². The molecular formula is C9H13N3S. The Kier molecular flexibility index (Phi) is 2.68. The van der Waals surface area contributed by atoms with Crippen LogP contribution in [-0.2, 0) is 6.42 Å². The summed E-state index contributed by atoms with van der Waals surface area (Å²) in [5, 5.41) is 8.63. The largest absolute Gasteiger partial charge is 0.397 e. The molecule has 1 aromatic heterocycles. The number of nitrogens with two attached hydrogens (primary N) is 1. The molecule has 13 heavy (non-hydrogen) atoms. The number of aromatic nitrogens is 2. The van der Waals surface area contributed by atoms with Gasteiger partial charge in [0.25, 0.3) is 0 Å². The van der Waals surface area contributed by atoms with Crippen LogP contribution in [0.4, 0.5) is 5.69 Å². The molecule has 0 bridgehead atoms. The zero-order valence-corrected chi connectivity index (χ0v) is 8.26. The van der Waals surface area contributed by atoms with Gasteiger partial charge in [0.1, 0.15) is 0 Å². The van der Waals surface area contributed by atoms with Crippen molar-refractivity contribution in [3.63, 3.8) is 0 Å². The fourth-order valence-corrected chi connectivity index (χ4v) is 2.86. The monoisotopic (exact) mass is 195 g/mol. The van der Waals surface area contributed by atoms with E-state index in [1.54, 1.807) is 6.20 Å². The Morgan fingerprint density at radius 2 is 2.54 bits per heavy atom. The summed E-state index contributed by atoms with van der Waals surface area (Å²) in [6, 6.07) is 1.92. The van der Waals surface area contributed by atoms with E-state index in [0.29, 0.717) is 5.69 Å². The average Bonchev–Trinajstić information content (AvgIpc) is 2.57. The molecule has 2 rings (SSSR count). The maximum atomic E-state index is 5.62. The molecule has 1 aromatic rings. The second-order valence-electron chi connectivity index (χ2n) is 3.32. The van der Waals surface area contributed by atoms with E-state index >= 15 is 0 Å². The van der Waals surface area contributed by atoms with Gasteiger partial charge in [0.2, 0.25) is 0 Å². The summed E-state index contributed by atoms with van der Waals surface area (Å²) in [5.74, 6) is 1.29. The minimum Gasteiger partial charge on any atom is -0.397 e. The highest BCUT2D eigenvalue weighted by Gasteiger charge is 2.16. The molecule has 4 heteroatoms. The first-order valence-electron chi connectivity index (χ1n) is 4.53. The topological polar surface area (TPSA) is 51.8 Å². The SMILES string of the molecule is Nc1cnnc(CC2CCCS2)c1. The molecular weight excluding hydrogens is 182 g/mol. The van der Waals surface area contributed by atoms with Crippen LogP contribution in [0.25, 0.3) is 0 Å². The van der Waals surface area contributed by atoms with E-state index in [1.165, 1.54) is 18.6 Å². The highest BCUT2D eigenvalue weighted by Crippen LogP contribution is 2.28. The van der Waals surface area contributed by atoms with Crippen LogP contribution in [-0.4, -0.2) is 21.2 Å². The number of hydrogen-bond acceptors (Lipinski definition) is 4. The lowest BCUT2D eigenvalue weighted by Gasteiger charge is -2.06. The molecule has 1 aliphatic heterocycles. The van der Waals surface area contributed by atoms with Gasteiger partial charge in [-0.25, -0.2) is 0 Å². The number of hydrogen-bond donors (Lipinski definition) is 1. The maximum absolute atomic E-state index is 5.62. The highest BCUT2D eigenvalue weighted by molar-refractivity contribution is 8.00. The molecule has 1 atom stereocenters. The van der Waals surface area contributed by atoms with Gasteiger partial charge in [-0.1, -0.05) is 0 Å². The normalized spacial score (nSPS) is 22.0. The van der Waals surface area contributed by atoms with Gasteiger partial charge in [-0.2, -0.15) is 22.0 Å². The van der Waals surface area contributed by atoms with Gasteiger partial charge < -0.3 is 5.73 Å². The van der Waals surface area contributed by atoms with Crippen LogP contribution >= 0.6 is 11.8 Å². The smallest absolute Gasteiger partial charge is 0.0726 e. The number of rotatable bonds is 2. The molecule has 0 aromatic carbocycles. The molecule has 0 aliphatic carbocycles. The number of thioether (sulfide) groups is 1. The Morgan fingerprint density at radius 3 is 3.23 bits per heavy atom. The molecule has 1 aliphatic rings. The highest BCUT2D eigenvalue weighted by atomic mass is 32.2. The van der Waals surface area contributed by atoms with Gasteiger partial charge in [-0.15, -0.1) is 0 Å². The van der Waals surface area contributed by atoms with Crippen molar-refractivity contribution in [2.75, 3.05) is 11.5 Å². The Labute approximate surface area is 82.1 Å². The lowest BCUT2D eigenvalue weighted by molar-refractivity contribution is 0.752. The second-order valence-corrected chi connectivity index (χ2v) is 4.73. The third-order valence-corrected chi connectivity index (χ3v) is 3.59. The van der Waals surface area contributed by atoms with E-state index < -0.39 is 0 Å². The Bertz CT molecular complexity index is 284. The number of nitrogen functional groups attached to an aromatic ring is 1. The molecule has 70 valence electrons. The van der Waals surface area contributed by atoms with Crippen LogP contribution in [0.5, 0.6) is 0 Å². The summed E-state index contributed by atoms with van der Waals surface area (Å²) in [5.41, 5.74) is 7.37. The van der Waals surface area contributed by atoms with E-state index in [1.807, 2.05) is 17.8 Å². The van der Waals surface area contributed by atoms with Crippen molar-refractivity contribution in [3.8, 4) is 0 Å². The van der Waals surface area contributed by atoms with E-state index in [0.717, 1.165) is 17.4 Å². The quantitative estimate of drug-likeness (QED) is 0.777. The van der Waals surface area contributed by atoms with Gasteiger partial charge in [-0.3, -0.25) is 0 Å². The van der Waals surface area contributed by atoms with Crippen molar-refractivity contribution >= 4 is 17.4 Å². The molecule has 1 saturated heterocycles. The minimum atomic E-state index is 0.716. The molecule has 0 amide bonds. The summed E-state index contributed by atoms with van der Waals surface area (Å²) in [4.78, 5) is 0. The van der Waals surface area contributed by atoms with Gasteiger partial charge in [0.05, 0.1) is 17.6 Å². The predicted octanol–water partition coefficient (Wildman–Crippen LogP) is 1.50. The van der Waals surface area contributed by atoms with E-state index in [9.17, 15) is 0 Å². The van der Waals surface area contributed by atoms with Crippen LogP contribution in [0.3, 0.4) is 0 Å². The van der Waals surface area contributed by atoms with E-state index in [2.05, 4.69) is 10.2 Å². The Hall–Kier alpha value is -0.770. The van der Waals surface area contributed by atoms with Crippen molar-refractivity contribution in [2.45, 2.75) is 24.5 Å². The predicted molar refractivity (Wildman–Crippen MR) is 55.6 cm³/mol. The second kappa shape index (κ2) is 3.96. The fourth-order valence-electron chi connectivity index (χ4n) is 1.57. The van der Waals surface area contributed by atoms with Gasteiger partial charge in [0.15, 0.2) is 0 Å². The van der Waals surface area contributed by atoms with Crippen LogP contribution in [0.15, 0.2) is 12.3 Å². The Balaban J connectivity index is 2.00. The molecule has 3 nitrogen and oxygen atoms in total. The fraction of sp³-hybridized carbons (Fsp3) is 0.556. The molecule has 0 spiro atoms. The minimum absolute atomic E-state index is 0.716. The lowest BCUT2D eigenvalue weighted by atomic mass is 10.1. The molecule has 1 fully saturated rings. The van der Waals surface area contributed by atoms with Crippen LogP contribution in [0.2, 0.25) is 0 Å². The summed E-state index contributed by atoms with van der Waals surface area (Å²) >= 11 is 2.03. The number of anilines is 1. The van der Waals surface area contributed by atoms with Gasteiger partial charge >= 0.3 is 0 Å². The number of nitrogens with zero attached hydrogens (tertiary/aromatic N) is 2. The third kappa shape index (κ3) is 2.34. The van der Waals surface area contributed by atoms with Crippen molar-refractivity contribution in [1.29, 1.82) is 0 Å². The first-order chi connectivity index (χ1) is 6.34. The molecule has 1 unspecified atom stereocenters. The average molecular weight is 195 g/mol. The van der Waals surface area contributed by atoms with E-state index in [-0.39, 0.29) is 0 Å². The van der Waals surface area contributed by atoms with Crippen molar-refractivity contribution < 1.29 is 0 Å². The van der Waals surface area contributed by atoms with Crippen LogP contribution in [0.1, 0.15) is 18.5 Å². The standard InChI is InChI=1S/C9H13N3S/c10-7-4-8(12-11-6-7)5-9-2-1-3-13-9/h4,6,9H,1-3,5H2,(H2,10,12). The Morgan fingerprint density at radius 1 is 1.62 bits per heavy atom. The maximum Gasteiger partial charge on any atom is 0.0726 e. The zero-order chi connectivity index (χ0) is 9.10. The summed E-state index contributed by atoms with van der Waals surface area (Å²) in [7, 11) is 0. The van der Waals surface area contributed by atoms with Gasteiger partial charge in [-0.05, 0) is 24.7 Å². The van der Waals surface area contributed by atoms with E-state index in [4.69, 9.17) is 5.73 Å². The summed E-state index contributed by atoms with van der Waals surface area (Å²) in [6.45, 7) is 0. The van der Waals surface area contributed by atoms with Crippen molar-refractivity contribution in [3.05, 3.63) is 18.0 Å². The zero-order valence-electron chi connectivity index (χ0n) is 7.44. The van der Waals surface area contributed by atoms with Crippen LogP contribution in [0, 0.1) is 0 Å². The first kappa shape index (κ1) is 8.81. The molecule has 0 saturated carbocycles. The summed E-state index contributed by atoms with van der Waals surface area (Å²) < 4.78 is 0. The van der Waals surface area contributed by atoms with Crippen molar-refractivity contribution in [2.24, 2.45) is 0 Å².